The first-order valence-electron chi connectivity index (χ1n) is 9.42. The van der Waals surface area contributed by atoms with Crippen LogP contribution < -0.4 is 4.90 Å². The van der Waals surface area contributed by atoms with Crippen LogP contribution in [0.1, 0.15) is 25.8 Å². The van der Waals surface area contributed by atoms with E-state index in [1.807, 2.05) is 17.9 Å². The van der Waals surface area contributed by atoms with Crippen molar-refractivity contribution in [1.82, 2.24) is 4.31 Å². The summed E-state index contributed by atoms with van der Waals surface area (Å²) in [6.45, 7) is 3.42. The van der Waals surface area contributed by atoms with Gasteiger partial charge in [-0.25, -0.2) is 8.42 Å². The van der Waals surface area contributed by atoms with Crippen LogP contribution in [0.3, 0.4) is 0 Å². The summed E-state index contributed by atoms with van der Waals surface area (Å²) < 4.78 is 66.4. The van der Waals surface area contributed by atoms with Crippen LogP contribution in [-0.4, -0.2) is 54.5 Å². The molecule has 1 aromatic rings. The van der Waals surface area contributed by atoms with E-state index in [2.05, 4.69) is 0 Å². The minimum Gasteiger partial charge on any atom is -0.376 e. The van der Waals surface area contributed by atoms with E-state index in [1.165, 1.54) is 34.6 Å². The van der Waals surface area contributed by atoms with Gasteiger partial charge >= 0.3 is 6.18 Å². The number of aliphatic hydroxyl groups is 1. The number of hydrogen-bond donors (Lipinski definition) is 1. The van der Waals surface area contributed by atoms with E-state index in [0.717, 1.165) is 0 Å². The maximum atomic E-state index is 13.0. The predicted molar refractivity (Wildman–Crippen MR) is 114 cm³/mol. The summed E-state index contributed by atoms with van der Waals surface area (Å²) >= 11 is 5.21. The Morgan fingerprint density at radius 3 is 2.33 bits per heavy atom. The maximum Gasteiger partial charge on any atom is 0.421 e. The first-order chi connectivity index (χ1) is 13.9. The molecule has 1 N–H and O–H groups in total. The Morgan fingerprint density at radius 1 is 1.17 bits per heavy atom. The summed E-state index contributed by atoms with van der Waals surface area (Å²) in [6.07, 6.45) is 0.639. The van der Waals surface area contributed by atoms with E-state index in [1.54, 1.807) is 6.08 Å². The first kappa shape index (κ1) is 22.9. The third kappa shape index (κ3) is 4.18. The summed E-state index contributed by atoms with van der Waals surface area (Å²) in [5, 5.41) is 9.81. The number of anilines is 1. The number of thiocarbonyl (C=S) groups is 1. The minimum absolute atomic E-state index is 0.152. The standard InChI is InChI=1S/C20H23F3N2O3S2/c1-14-13-24(30(27,28)18-6-4-3-5-17(18)29)11-12-25(14)16-9-7-15(8-10-16)19(2,26)20(21,22)23/h3-4,6-10,14,26H,5,11-13H2,1-2H3. The number of halogens is 3. The summed E-state index contributed by atoms with van der Waals surface area (Å²) in [5.41, 5.74) is -2.53. The molecule has 1 heterocycles. The average molecular weight is 461 g/mol. The van der Waals surface area contributed by atoms with Gasteiger partial charge in [-0.1, -0.05) is 36.5 Å². The van der Waals surface area contributed by atoms with Crippen molar-refractivity contribution in [2.24, 2.45) is 0 Å². The molecule has 0 spiro atoms. The molecule has 5 nitrogen and oxygen atoms in total. The first-order valence-corrected chi connectivity index (χ1v) is 11.3. The Hall–Kier alpha value is -1.75. The summed E-state index contributed by atoms with van der Waals surface area (Å²) in [5.74, 6) is 0. The van der Waals surface area contributed by atoms with Crippen LogP contribution in [0.4, 0.5) is 18.9 Å². The van der Waals surface area contributed by atoms with Gasteiger partial charge < -0.3 is 10.0 Å². The van der Waals surface area contributed by atoms with Gasteiger partial charge in [0.25, 0.3) is 0 Å². The molecule has 1 saturated heterocycles. The molecule has 10 heteroatoms. The molecule has 0 bridgehead atoms. The number of benzene rings is 1. The lowest BCUT2D eigenvalue weighted by Gasteiger charge is -2.41. The molecule has 0 radical (unpaired) electrons. The summed E-state index contributed by atoms with van der Waals surface area (Å²) in [6, 6.07) is 5.32. The van der Waals surface area contributed by atoms with Gasteiger partial charge in [0.1, 0.15) is 0 Å². The predicted octanol–water partition coefficient (Wildman–Crippen LogP) is 3.51. The van der Waals surface area contributed by atoms with Crippen LogP contribution in [0.25, 0.3) is 0 Å². The molecule has 164 valence electrons. The monoisotopic (exact) mass is 460 g/mol. The fraction of sp³-hybridized carbons (Fsp3) is 0.450. The Bertz CT molecular complexity index is 984. The molecule has 0 saturated carbocycles. The molecule has 3 rings (SSSR count). The second-order valence-corrected chi connectivity index (χ2v) is 10.0. The highest BCUT2D eigenvalue weighted by molar-refractivity contribution is 7.96. The topological polar surface area (TPSA) is 60.9 Å². The summed E-state index contributed by atoms with van der Waals surface area (Å²) in [4.78, 5) is 2.48. The highest BCUT2D eigenvalue weighted by Crippen LogP contribution is 2.39. The van der Waals surface area contributed by atoms with E-state index in [-0.39, 0.29) is 29.6 Å². The normalized spacial score (nSPS) is 23.3. The molecule has 2 atom stereocenters. The lowest BCUT2D eigenvalue weighted by Crippen LogP contribution is -2.54. The second-order valence-electron chi connectivity index (χ2n) is 7.61. The molecule has 1 aliphatic heterocycles. The fourth-order valence-electron chi connectivity index (χ4n) is 3.56. The van der Waals surface area contributed by atoms with Gasteiger partial charge in [-0.15, -0.1) is 0 Å². The van der Waals surface area contributed by atoms with Crippen LogP contribution in [0.15, 0.2) is 47.4 Å². The minimum atomic E-state index is -4.79. The molecule has 2 unspecified atom stereocenters. The highest BCUT2D eigenvalue weighted by atomic mass is 32.2. The van der Waals surface area contributed by atoms with Crippen molar-refractivity contribution >= 4 is 32.8 Å². The molecular weight excluding hydrogens is 437 g/mol. The van der Waals surface area contributed by atoms with Gasteiger partial charge in [0.15, 0.2) is 5.60 Å². The zero-order valence-corrected chi connectivity index (χ0v) is 18.2. The zero-order chi connectivity index (χ0) is 22.3. The van der Waals surface area contributed by atoms with Crippen molar-refractivity contribution in [2.75, 3.05) is 24.5 Å². The third-order valence-corrected chi connectivity index (χ3v) is 7.95. The molecule has 1 aromatic carbocycles. The van der Waals surface area contributed by atoms with E-state index in [9.17, 15) is 26.7 Å². The molecule has 2 aliphatic rings. The number of rotatable bonds is 4. The maximum absolute atomic E-state index is 13.0. The Balaban J connectivity index is 1.75. The van der Waals surface area contributed by atoms with Crippen molar-refractivity contribution in [3.05, 3.63) is 53.0 Å². The molecule has 1 aliphatic carbocycles. The van der Waals surface area contributed by atoms with Crippen LogP contribution in [0.5, 0.6) is 0 Å². The van der Waals surface area contributed by atoms with Gasteiger partial charge in [-0.2, -0.15) is 17.5 Å². The van der Waals surface area contributed by atoms with Crippen LogP contribution in [0, 0.1) is 0 Å². The highest BCUT2D eigenvalue weighted by Gasteiger charge is 2.51. The van der Waals surface area contributed by atoms with Gasteiger partial charge in [0, 0.05) is 42.6 Å². The number of allylic oxidation sites excluding steroid dienone is 4. The van der Waals surface area contributed by atoms with Crippen LogP contribution in [-0.2, 0) is 15.6 Å². The molecule has 30 heavy (non-hydrogen) atoms. The van der Waals surface area contributed by atoms with Gasteiger partial charge in [-0.05, 0) is 37.6 Å². The van der Waals surface area contributed by atoms with Gasteiger partial charge in [-0.3, -0.25) is 0 Å². The van der Waals surface area contributed by atoms with E-state index < -0.39 is 21.8 Å². The summed E-state index contributed by atoms with van der Waals surface area (Å²) in [7, 11) is -3.70. The van der Waals surface area contributed by atoms with Crippen LogP contribution >= 0.6 is 12.2 Å². The Labute approximate surface area is 179 Å². The smallest absolute Gasteiger partial charge is 0.376 e. The number of nitrogens with zero attached hydrogens (tertiary/aromatic N) is 2. The molecule has 0 amide bonds. The number of alkyl halides is 3. The fourth-order valence-corrected chi connectivity index (χ4v) is 5.67. The van der Waals surface area contributed by atoms with Gasteiger partial charge in [0.05, 0.1) is 4.91 Å². The molecular formula is C20H23F3N2O3S2. The Kier molecular flexibility index (Phi) is 6.16. The number of sulfonamides is 1. The number of piperazine rings is 1. The quantitative estimate of drug-likeness (QED) is 0.697. The SMILES string of the molecule is CC1CN(S(=O)(=O)C2=CC=CCC2=S)CCN1c1ccc(C(C)(O)C(F)(F)F)cc1. The lowest BCUT2D eigenvalue weighted by atomic mass is 9.95. The zero-order valence-electron chi connectivity index (χ0n) is 16.6. The van der Waals surface area contributed by atoms with Crippen molar-refractivity contribution in [1.29, 1.82) is 0 Å². The van der Waals surface area contributed by atoms with E-state index in [4.69, 9.17) is 12.2 Å². The molecule has 1 fully saturated rings. The average Bonchev–Trinajstić information content (AvgIpc) is 2.67. The van der Waals surface area contributed by atoms with E-state index in [0.29, 0.717) is 30.4 Å². The number of hydrogen-bond acceptors (Lipinski definition) is 5. The van der Waals surface area contributed by atoms with Crippen molar-refractivity contribution < 1.29 is 26.7 Å². The van der Waals surface area contributed by atoms with Gasteiger partial charge in [0.2, 0.25) is 10.0 Å². The van der Waals surface area contributed by atoms with Crippen LogP contribution in [0.2, 0.25) is 0 Å². The third-order valence-electron chi connectivity index (χ3n) is 5.48. The van der Waals surface area contributed by atoms with Crippen molar-refractivity contribution in [3.63, 3.8) is 0 Å². The van der Waals surface area contributed by atoms with Crippen molar-refractivity contribution in [2.45, 2.75) is 38.1 Å². The van der Waals surface area contributed by atoms with Crippen molar-refractivity contribution in [3.8, 4) is 0 Å². The lowest BCUT2D eigenvalue weighted by molar-refractivity contribution is -0.258. The largest absolute Gasteiger partial charge is 0.421 e. The Morgan fingerprint density at radius 2 is 1.80 bits per heavy atom. The molecule has 0 aromatic heterocycles. The second kappa shape index (κ2) is 8.07. The van der Waals surface area contributed by atoms with E-state index >= 15 is 0 Å².